The lowest BCUT2D eigenvalue weighted by atomic mass is 10.2. The van der Waals surface area contributed by atoms with Crippen LogP contribution >= 0.6 is 11.8 Å². The van der Waals surface area contributed by atoms with E-state index in [0.29, 0.717) is 30.1 Å². The lowest BCUT2D eigenvalue weighted by molar-refractivity contribution is 0.0949. The molecule has 0 aliphatic rings. The van der Waals surface area contributed by atoms with Gasteiger partial charge in [-0.05, 0) is 49.7 Å². The minimum atomic E-state index is -0.313. The Labute approximate surface area is 173 Å². The van der Waals surface area contributed by atoms with Crippen molar-refractivity contribution in [2.45, 2.75) is 31.0 Å². The Morgan fingerprint density at radius 3 is 2.59 bits per heavy atom. The fraction of sp³-hybridized carbons (Fsp3) is 0.227. The first-order chi connectivity index (χ1) is 13.9. The van der Waals surface area contributed by atoms with Crippen LogP contribution in [0.2, 0.25) is 0 Å². The molecular formula is C22H22FN3O2S. The molecule has 2 aromatic carbocycles. The monoisotopic (exact) mass is 411 g/mol. The van der Waals surface area contributed by atoms with E-state index in [2.05, 4.69) is 10.3 Å². The predicted octanol–water partition coefficient (Wildman–Crippen LogP) is 3.72. The van der Waals surface area contributed by atoms with Gasteiger partial charge >= 0.3 is 5.69 Å². The highest BCUT2D eigenvalue weighted by Gasteiger charge is 2.12. The summed E-state index contributed by atoms with van der Waals surface area (Å²) < 4.78 is 14.6. The zero-order valence-electron chi connectivity index (χ0n) is 16.3. The van der Waals surface area contributed by atoms with Crippen LogP contribution in [0.3, 0.4) is 0 Å². The Bertz CT molecular complexity index is 1060. The number of hydrogen-bond acceptors (Lipinski definition) is 4. The third-order valence-electron chi connectivity index (χ3n) is 4.41. The number of carbonyl (C=O) groups excluding carboxylic acids is 1. The molecule has 150 valence electrons. The van der Waals surface area contributed by atoms with Gasteiger partial charge in [0.15, 0.2) is 0 Å². The molecule has 0 saturated heterocycles. The van der Waals surface area contributed by atoms with Crippen molar-refractivity contribution < 1.29 is 9.18 Å². The summed E-state index contributed by atoms with van der Waals surface area (Å²) in [6.45, 7) is 4.30. The average molecular weight is 412 g/mol. The molecule has 1 amide bonds. The Kier molecular flexibility index (Phi) is 6.82. The number of amides is 1. The molecule has 0 atom stereocenters. The topological polar surface area (TPSA) is 64.0 Å². The Hall–Kier alpha value is -2.93. The van der Waals surface area contributed by atoms with Gasteiger partial charge in [0.2, 0.25) is 0 Å². The fourth-order valence-corrected chi connectivity index (χ4v) is 3.95. The fourth-order valence-electron chi connectivity index (χ4n) is 2.94. The molecular weight excluding hydrogens is 389 g/mol. The number of halogens is 1. The molecule has 1 aromatic heterocycles. The second kappa shape index (κ2) is 9.52. The van der Waals surface area contributed by atoms with E-state index in [9.17, 15) is 14.0 Å². The Balaban J connectivity index is 1.62. The Morgan fingerprint density at radius 1 is 1.14 bits per heavy atom. The van der Waals surface area contributed by atoms with Crippen LogP contribution in [0.4, 0.5) is 4.39 Å². The first-order valence-corrected chi connectivity index (χ1v) is 10.2. The maximum Gasteiger partial charge on any atom is 0.348 e. The lowest BCUT2D eigenvalue weighted by Crippen LogP contribution is -2.33. The highest BCUT2D eigenvalue weighted by molar-refractivity contribution is 7.98. The van der Waals surface area contributed by atoms with Crippen molar-refractivity contribution in [3.63, 3.8) is 0 Å². The summed E-state index contributed by atoms with van der Waals surface area (Å²) in [4.78, 5) is 29.5. The highest BCUT2D eigenvalue weighted by Crippen LogP contribution is 2.26. The Morgan fingerprint density at radius 2 is 1.86 bits per heavy atom. The maximum atomic E-state index is 13.0. The molecule has 3 aromatic rings. The van der Waals surface area contributed by atoms with E-state index in [0.717, 1.165) is 16.2 Å². The quantitative estimate of drug-likeness (QED) is 0.602. The van der Waals surface area contributed by atoms with Crippen LogP contribution in [-0.4, -0.2) is 22.0 Å². The third kappa shape index (κ3) is 5.54. The third-order valence-corrected chi connectivity index (χ3v) is 5.55. The van der Waals surface area contributed by atoms with Crippen molar-refractivity contribution in [3.05, 3.63) is 93.4 Å². The number of thioether (sulfide) groups is 1. The van der Waals surface area contributed by atoms with Crippen molar-refractivity contribution >= 4 is 17.7 Å². The number of aryl methyl sites for hydroxylation is 2. The minimum Gasteiger partial charge on any atom is -0.350 e. The highest BCUT2D eigenvalue weighted by atomic mass is 32.2. The summed E-state index contributed by atoms with van der Waals surface area (Å²) in [6, 6.07) is 15.5. The second-order valence-electron chi connectivity index (χ2n) is 6.64. The van der Waals surface area contributed by atoms with Crippen molar-refractivity contribution in [3.8, 4) is 0 Å². The van der Waals surface area contributed by atoms with Gasteiger partial charge in [0.1, 0.15) is 5.82 Å². The summed E-state index contributed by atoms with van der Waals surface area (Å²) >= 11 is 1.52. The minimum absolute atomic E-state index is 0.196. The molecule has 0 bridgehead atoms. The van der Waals surface area contributed by atoms with E-state index >= 15 is 0 Å². The van der Waals surface area contributed by atoms with Gasteiger partial charge in [-0.15, -0.1) is 11.8 Å². The van der Waals surface area contributed by atoms with Crippen LogP contribution in [0.1, 0.15) is 27.3 Å². The molecule has 3 rings (SSSR count). The number of carbonyl (C=O) groups is 1. The summed E-state index contributed by atoms with van der Waals surface area (Å²) in [5.74, 6) is 0.170. The van der Waals surface area contributed by atoms with E-state index in [4.69, 9.17) is 0 Å². The molecule has 0 aliphatic carbocycles. The molecule has 0 spiro atoms. The van der Waals surface area contributed by atoms with E-state index < -0.39 is 0 Å². The van der Waals surface area contributed by atoms with Crippen LogP contribution < -0.4 is 11.0 Å². The number of aromatic nitrogens is 2. The van der Waals surface area contributed by atoms with Gasteiger partial charge in [-0.25, -0.2) is 9.18 Å². The predicted molar refractivity (Wildman–Crippen MR) is 113 cm³/mol. The SMILES string of the molecule is Cc1cc(C)n(CCNC(=O)c2ccccc2SCc2ccc(F)cc2)c(=O)n1. The van der Waals surface area contributed by atoms with Gasteiger partial charge in [-0.3, -0.25) is 9.36 Å². The first-order valence-electron chi connectivity index (χ1n) is 9.23. The zero-order chi connectivity index (χ0) is 20.8. The normalized spacial score (nSPS) is 10.7. The summed E-state index contributed by atoms with van der Waals surface area (Å²) in [7, 11) is 0. The first kappa shape index (κ1) is 20.8. The van der Waals surface area contributed by atoms with Crippen molar-refractivity contribution in [2.24, 2.45) is 0 Å². The van der Waals surface area contributed by atoms with E-state index in [-0.39, 0.29) is 17.4 Å². The van der Waals surface area contributed by atoms with E-state index in [1.165, 1.54) is 23.9 Å². The second-order valence-corrected chi connectivity index (χ2v) is 7.66. The van der Waals surface area contributed by atoms with Gasteiger partial charge in [-0.2, -0.15) is 4.98 Å². The maximum absolute atomic E-state index is 13.0. The van der Waals surface area contributed by atoms with Crippen molar-refractivity contribution in [1.29, 1.82) is 0 Å². The molecule has 7 heteroatoms. The largest absolute Gasteiger partial charge is 0.350 e. The molecule has 29 heavy (non-hydrogen) atoms. The van der Waals surface area contributed by atoms with Crippen LogP contribution in [0.5, 0.6) is 0 Å². The van der Waals surface area contributed by atoms with E-state index in [1.807, 2.05) is 31.2 Å². The number of nitrogens with one attached hydrogen (secondary N) is 1. The zero-order valence-corrected chi connectivity index (χ0v) is 17.1. The van der Waals surface area contributed by atoms with E-state index in [1.54, 1.807) is 29.7 Å². The average Bonchev–Trinajstić information content (AvgIpc) is 2.69. The van der Waals surface area contributed by atoms with Crippen LogP contribution in [0.25, 0.3) is 0 Å². The van der Waals surface area contributed by atoms with Crippen LogP contribution in [0.15, 0.2) is 64.3 Å². The molecule has 0 fully saturated rings. The van der Waals surface area contributed by atoms with Gasteiger partial charge in [0, 0.05) is 35.1 Å². The number of nitrogens with zero attached hydrogens (tertiary/aromatic N) is 2. The number of benzene rings is 2. The molecule has 0 unspecified atom stereocenters. The summed E-state index contributed by atoms with van der Waals surface area (Å²) in [5.41, 5.74) is 2.73. The number of rotatable bonds is 7. The summed E-state index contributed by atoms with van der Waals surface area (Å²) in [6.07, 6.45) is 0. The van der Waals surface area contributed by atoms with Crippen molar-refractivity contribution in [1.82, 2.24) is 14.9 Å². The van der Waals surface area contributed by atoms with Crippen LogP contribution in [0, 0.1) is 19.7 Å². The standard InChI is InChI=1S/C22H22FN3O2S/c1-15-13-16(2)26(22(28)25-15)12-11-24-21(27)19-5-3-4-6-20(19)29-14-17-7-9-18(23)10-8-17/h3-10,13H,11-12,14H2,1-2H3,(H,24,27). The molecule has 0 radical (unpaired) electrons. The van der Waals surface area contributed by atoms with Gasteiger partial charge in [-0.1, -0.05) is 24.3 Å². The number of hydrogen-bond donors (Lipinski definition) is 1. The lowest BCUT2D eigenvalue weighted by Gasteiger charge is -2.12. The van der Waals surface area contributed by atoms with Gasteiger partial charge in [0.05, 0.1) is 5.56 Å². The molecule has 0 saturated carbocycles. The molecule has 0 aliphatic heterocycles. The van der Waals surface area contributed by atoms with Crippen LogP contribution in [-0.2, 0) is 12.3 Å². The van der Waals surface area contributed by atoms with Gasteiger partial charge in [0.25, 0.3) is 5.91 Å². The van der Waals surface area contributed by atoms with Crippen molar-refractivity contribution in [2.75, 3.05) is 6.54 Å². The molecule has 5 nitrogen and oxygen atoms in total. The summed E-state index contributed by atoms with van der Waals surface area (Å²) in [5, 5.41) is 2.87. The molecule has 1 heterocycles. The van der Waals surface area contributed by atoms with Gasteiger partial charge < -0.3 is 5.32 Å². The molecule has 1 N–H and O–H groups in total. The smallest absolute Gasteiger partial charge is 0.348 e.